The Morgan fingerprint density at radius 2 is 2.29 bits per heavy atom. The number of hydrogen-bond donors (Lipinski definition) is 0. The molecule has 5 heteroatoms. The van der Waals surface area contributed by atoms with Gasteiger partial charge in [0.2, 0.25) is 5.12 Å². The summed E-state index contributed by atoms with van der Waals surface area (Å²) < 4.78 is 5.92. The van der Waals surface area contributed by atoms with Crippen LogP contribution >= 0.6 is 23.5 Å². The van der Waals surface area contributed by atoms with Crippen LogP contribution in [0, 0.1) is 0 Å². The Morgan fingerprint density at radius 3 is 2.94 bits per heavy atom. The standard InChI is InChI=1S/C12H11NO2S2/c1-15-9-5-3-4-8(6-9)7-10-11(14)17-12(13-10)16-2/h3-7H,1-2H3/b10-7-. The van der Waals surface area contributed by atoms with Gasteiger partial charge in [0.1, 0.15) is 15.8 Å². The number of rotatable bonds is 2. The van der Waals surface area contributed by atoms with Gasteiger partial charge in [0.25, 0.3) is 0 Å². The van der Waals surface area contributed by atoms with Crippen LogP contribution in [-0.4, -0.2) is 22.9 Å². The Hall–Kier alpha value is -1.20. The lowest BCUT2D eigenvalue weighted by Gasteiger charge is -2.00. The van der Waals surface area contributed by atoms with Crippen LogP contribution < -0.4 is 4.74 Å². The quantitative estimate of drug-likeness (QED) is 0.770. The monoisotopic (exact) mass is 265 g/mol. The number of hydrogen-bond acceptors (Lipinski definition) is 5. The summed E-state index contributed by atoms with van der Waals surface area (Å²) in [7, 11) is 1.62. The maximum atomic E-state index is 11.6. The summed E-state index contributed by atoms with van der Waals surface area (Å²) in [6, 6.07) is 7.54. The van der Waals surface area contributed by atoms with Gasteiger partial charge in [-0.05, 0) is 41.8 Å². The highest BCUT2D eigenvalue weighted by Gasteiger charge is 2.21. The van der Waals surface area contributed by atoms with Crippen molar-refractivity contribution in [2.75, 3.05) is 13.4 Å². The average molecular weight is 265 g/mol. The molecule has 0 spiro atoms. The van der Waals surface area contributed by atoms with Crippen LogP contribution in [-0.2, 0) is 4.79 Å². The van der Waals surface area contributed by atoms with Crippen LogP contribution in [0.15, 0.2) is 35.0 Å². The fourth-order valence-electron chi connectivity index (χ4n) is 1.37. The summed E-state index contributed by atoms with van der Waals surface area (Å²) >= 11 is 2.66. The number of benzene rings is 1. The minimum Gasteiger partial charge on any atom is -0.497 e. The fourth-order valence-corrected chi connectivity index (χ4v) is 2.63. The number of nitrogens with zero attached hydrogens (tertiary/aromatic N) is 1. The molecule has 1 aliphatic heterocycles. The molecule has 1 aromatic carbocycles. The van der Waals surface area contributed by atoms with Gasteiger partial charge in [-0.2, -0.15) is 0 Å². The van der Waals surface area contributed by atoms with E-state index in [1.807, 2.05) is 30.5 Å². The first-order valence-corrected chi connectivity index (χ1v) is 6.97. The van der Waals surface area contributed by atoms with E-state index in [0.29, 0.717) is 5.70 Å². The van der Waals surface area contributed by atoms with Crippen molar-refractivity contribution in [1.82, 2.24) is 0 Å². The second kappa shape index (κ2) is 5.42. The van der Waals surface area contributed by atoms with Gasteiger partial charge in [0.15, 0.2) is 0 Å². The smallest absolute Gasteiger partial charge is 0.244 e. The first-order chi connectivity index (χ1) is 8.22. The lowest BCUT2D eigenvalue weighted by atomic mass is 10.2. The van der Waals surface area contributed by atoms with E-state index in [1.165, 1.54) is 23.5 Å². The highest BCUT2D eigenvalue weighted by molar-refractivity contribution is 8.45. The third kappa shape index (κ3) is 2.92. The highest BCUT2D eigenvalue weighted by atomic mass is 32.2. The minimum atomic E-state index is -0.00262. The summed E-state index contributed by atoms with van der Waals surface area (Å²) in [6.07, 6.45) is 3.69. The van der Waals surface area contributed by atoms with Crippen LogP contribution in [0.1, 0.15) is 5.56 Å². The van der Waals surface area contributed by atoms with E-state index in [2.05, 4.69) is 4.99 Å². The lowest BCUT2D eigenvalue weighted by molar-refractivity contribution is -0.107. The first kappa shape index (κ1) is 12.3. The lowest BCUT2D eigenvalue weighted by Crippen LogP contribution is -1.88. The number of carbonyl (C=O) groups is 1. The molecule has 0 aromatic heterocycles. The molecule has 1 aliphatic rings. The second-order valence-corrected chi connectivity index (χ2v) is 5.29. The number of methoxy groups -OCH3 is 1. The Kier molecular flexibility index (Phi) is 3.91. The van der Waals surface area contributed by atoms with Crippen molar-refractivity contribution in [1.29, 1.82) is 0 Å². The molecule has 0 radical (unpaired) electrons. The normalized spacial score (nSPS) is 17.4. The summed E-state index contributed by atoms with van der Waals surface area (Å²) in [5.74, 6) is 0.770. The van der Waals surface area contributed by atoms with Gasteiger partial charge in [0, 0.05) is 0 Å². The maximum absolute atomic E-state index is 11.6. The van der Waals surface area contributed by atoms with Crippen LogP contribution in [0.25, 0.3) is 6.08 Å². The minimum absolute atomic E-state index is 0.00262. The number of ether oxygens (including phenoxy) is 1. The molecule has 17 heavy (non-hydrogen) atoms. The molecule has 0 saturated heterocycles. The van der Waals surface area contributed by atoms with E-state index in [9.17, 15) is 4.79 Å². The van der Waals surface area contributed by atoms with Crippen molar-refractivity contribution in [3.8, 4) is 5.75 Å². The molecule has 0 fully saturated rings. The Labute approximate surface area is 108 Å². The maximum Gasteiger partial charge on any atom is 0.244 e. The first-order valence-electron chi connectivity index (χ1n) is 4.93. The summed E-state index contributed by atoms with van der Waals surface area (Å²) in [6.45, 7) is 0. The third-order valence-corrected chi connectivity index (χ3v) is 4.02. The van der Waals surface area contributed by atoms with Gasteiger partial charge in [-0.1, -0.05) is 12.1 Å². The topological polar surface area (TPSA) is 38.7 Å². The van der Waals surface area contributed by atoms with Crippen molar-refractivity contribution < 1.29 is 9.53 Å². The van der Waals surface area contributed by atoms with E-state index >= 15 is 0 Å². The number of carbonyl (C=O) groups excluding carboxylic acids is 1. The number of thioether (sulfide) groups is 2. The van der Waals surface area contributed by atoms with Crippen molar-refractivity contribution in [3.05, 3.63) is 35.5 Å². The zero-order valence-corrected chi connectivity index (χ0v) is 11.1. The molecule has 1 aromatic rings. The Morgan fingerprint density at radius 1 is 1.47 bits per heavy atom. The second-order valence-electron chi connectivity index (χ2n) is 3.28. The Balaban J connectivity index is 2.29. The van der Waals surface area contributed by atoms with E-state index in [1.54, 1.807) is 13.2 Å². The predicted octanol–water partition coefficient (Wildman–Crippen LogP) is 3.03. The molecule has 0 N–H and O–H groups in total. The van der Waals surface area contributed by atoms with Gasteiger partial charge in [-0.25, -0.2) is 4.99 Å². The molecule has 0 saturated carbocycles. The van der Waals surface area contributed by atoms with Crippen molar-refractivity contribution >= 4 is 39.1 Å². The molecule has 0 unspecified atom stereocenters. The van der Waals surface area contributed by atoms with E-state index in [0.717, 1.165) is 15.7 Å². The van der Waals surface area contributed by atoms with Crippen LogP contribution in [0.5, 0.6) is 5.75 Å². The molecule has 3 nitrogen and oxygen atoms in total. The molecular formula is C12H11NO2S2. The van der Waals surface area contributed by atoms with E-state index in [4.69, 9.17) is 4.74 Å². The van der Waals surface area contributed by atoms with Crippen molar-refractivity contribution in [3.63, 3.8) is 0 Å². The molecular weight excluding hydrogens is 254 g/mol. The zero-order valence-electron chi connectivity index (χ0n) is 9.47. The van der Waals surface area contributed by atoms with Crippen LogP contribution in [0.4, 0.5) is 0 Å². The van der Waals surface area contributed by atoms with Gasteiger partial charge < -0.3 is 4.74 Å². The van der Waals surface area contributed by atoms with E-state index in [-0.39, 0.29) is 5.12 Å². The van der Waals surface area contributed by atoms with Gasteiger partial charge in [0.05, 0.1) is 7.11 Å². The summed E-state index contributed by atoms with van der Waals surface area (Å²) in [5.41, 5.74) is 1.41. The average Bonchev–Trinajstić information content (AvgIpc) is 2.70. The SMILES string of the molecule is COc1cccc(/C=C2\N=C(SC)SC2=O)c1. The van der Waals surface area contributed by atoms with E-state index < -0.39 is 0 Å². The van der Waals surface area contributed by atoms with Crippen LogP contribution in [0.3, 0.4) is 0 Å². The van der Waals surface area contributed by atoms with Crippen molar-refractivity contribution in [2.45, 2.75) is 0 Å². The third-order valence-electron chi connectivity index (χ3n) is 2.17. The summed E-state index contributed by atoms with van der Waals surface area (Å²) in [4.78, 5) is 15.9. The summed E-state index contributed by atoms with van der Waals surface area (Å²) in [5, 5.41) is -0.00262. The van der Waals surface area contributed by atoms with Gasteiger partial charge in [-0.15, -0.1) is 11.8 Å². The highest BCUT2D eigenvalue weighted by Crippen LogP contribution is 2.30. The molecule has 88 valence electrons. The van der Waals surface area contributed by atoms with Gasteiger partial charge in [-0.3, -0.25) is 4.79 Å². The molecule has 0 amide bonds. The van der Waals surface area contributed by atoms with Crippen molar-refractivity contribution in [2.24, 2.45) is 4.99 Å². The predicted molar refractivity (Wildman–Crippen MR) is 74.5 cm³/mol. The Bertz CT molecular complexity index is 509. The molecule has 0 aliphatic carbocycles. The van der Waals surface area contributed by atoms with Gasteiger partial charge >= 0.3 is 0 Å². The van der Waals surface area contributed by atoms with Crippen LogP contribution in [0.2, 0.25) is 0 Å². The zero-order chi connectivity index (χ0) is 12.3. The largest absolute Gasteiger partial charge is 0.497 e. The molecule has 2 rings (SSSR count). The molecule has 1 heterocycles. The fraction of sp³-hybridized carbons (Fsp3) is 0.167. The molecule has 0 atom stereocenters. The number of aliphatic imine (C=N–C) groups is 1. The molecule has 0 bridgehead atoms.